The normalized spacial score (nSPS) is 15.1. The minimum Gasteiger partial charge on any atom is -0.312 e. The molecule has 0 bridgehead atoms. The first-order valence-electron chi connectivity index (χ1n) is 10.9. The van der Waals surface area contributed by atoms with E-state index in [4.69, 9.17) is 0 Å². The van der Waals surface area contributed by atoms with Crippen LogP contribution in [0.3, 0.4) is 0 Å². The van der Waals surface area contributed by atoms with Crippen LogP contribution in [0.4, 0.5) is 5.00 Å². The SMILES string of the molecule is Cc1nc2ccccc2c(=O)n1-c1ccc(C(=O)Nc2sc3c(c2C#N)CC[C@H](C)C3)cc1. The number of anilines is 1. The van der Waals surface area contributed by atoms with E-state index in [-0.39, 0.29) is 11.5 Å². The van der Waals surface area contributed by atoms with E-state index < -0.39 is 0 Å². The number of thiophene rings is 1. The smallest absolute Gasteiger partial charge is 0.265 e. The van der Waals surface area contributed by atoms with Crippen LogP contribution in [-0.2, 0) is 12.8 Å². The summed E-state index contributed by atoms with van der Waals surface area (Å²) in [7, 11) is 0. The van der Waals surface area contributed by atoms with Crippen LogP contribution in [0.2, 0.25) is 0 Å². The van der Waals surface area contributed by atoms with Crippen LogP contribution >= 0.6 is 11.3 Å². The van der Waals surface area contributed by atoms with Crippen LogP contribution in [0.1, 0.15) is 45.5 Å². The number of amides is 1. The third-order valence-corrected chi connectivity index (χ3v) is 7.35. The van der Waals surface area contributed by atoms with Gasteiger partial charge in [0.25, 0.3) is 11.5 Å². The summed E-state index contributed by atoms with van der Waals surface area (Å²) in [5, 5.41) is 13.8. The molecule has 0 saturated heterocycles. The maximum absolute atomic E-state index is 13.0. The Morgan fingerprint density at radius 1 is 1.21 bits per heavy atom. The van der Waals surface area contributed by atoms with E-state index >= 15 is 0 Å². The second kappa shape index (κ2) is 8.30. The Morgan fingerprint density at radius 3 is 2.73 bits per heavy atom. The maximum Gasteiger partial charge on any atom is 0.265 e. The second-order valence-corrected chi connectivity index (χ2v) is 9.59. The topological polar surface area (TPSA) is 87.8 Å². The summed E-state index contributed by atoms with van der Waals surface area (Å²) in [6, 6.07) is 16.4. The molecule has 1 N–H and O–H groups in total. The second-order valence-electron chi connectivity index (χ2n) is 8.49. The molecular weight excluding hydrogens is 432 g/mol. The first-order chi connectivity index (χ1) is 16.0. The Kier molecular flexibility index (Phi) is 5.31. The number of nitrogens with one attached hydrogen (secondary N) is 1. The van der Waals surface area contributed by atoms with Gasteiger partial charge >= 0.3 is 0 Å². The molecule has 0 unspecified atom stereocenters. The van der Waals surface area contributed by atoms with E-state index in [1.54, 1.807) is 41.8 Å². The lowest BCUT2D eigenvalue weighted by Gasteiger charge is -2.17. The van der Waals surface area contributed by atoms with E-state index in [0.717, 1.165) is 24.8 Å². The van der Waals surface area contributed by atoms with Crippen molar-refractivity contribution in [1.82, 2.24) is 9.55 Å². The van der Waals surface area contributed by atoms with Crippen molar-refractivity contribution >= 4 is 33.1 Å². The fourth-order valence-corrected chi connectivity index (χ4v) is 5.80. The maximum atomic E-state index is 13.0. The third-order valence-electron chi connectivity index (χ3n) is 6.18. The number of carbonyl (C=O) groups excluding carboxylic acids is 1. The fraction of sp³-hybridized carbons (Fsp3) is 0.231. The number of aromatic nitrogens is 2. The summed E-state index contributed by atoms with van der Waals surface area (Å²) in [6.07, 6.45) is 2.90. The van der Waals surface area contributed by atoms with Crippen molar-refractivity contribution in [2.24, 2.45) is 5.92 Å². The van der Waals surface area contributed by atoms with E-state index in [9.17, 15) is 14.9 Å². The quantitative estimate of drug-likeness (QED) is 0.472. The summed E-state index contributed by atoms with van der Waals surface area (Å²) in [6.45, 7) is 4.00. The molecule has 0 radical (unpaired) electrons. The first kappa shape index (κ1) is 21.1. The highest BCUT2D eigenvalue weighted by Crippen LogP contribution is 2.39. The largest absolute Gasteiger partial charge is 0.312 e. The number of nitrogens with zero attached hydrogens (tertiary/aromatic N) is 3. The average molecular weight is 455 g/mol. The highest BCUT2D eigenvalue weighted by molar-refractivity contribution is 7.16. The minimum atomic E-state index is -0.273. The lowest BCUT2D eigenvalue weighted by atomic mass is 9.88. The molecule has 7 heteroatoms. The van der Waals surface area contributed by atoms with Crippen molar-refractivity contribution in [3.63, 3.8) is 0 Å². The number of hydrogen-bond donors (Lipinski definition) is 1. The monoisotopic (exact) mass is 454 g/mol. The van der Waals surface area contributed by atoms with Crippen molar-refractivity contribution in [3.05, 3.63) is 86.3 Å². The number of aryl methyl sites for hydroxylation is 1. The van der Waals surface area contributed by atoms with Crippen molar-refractivity contribution < 1.29 is 4.79 Å². The van der Waals surface area contributed by atoms with Gasteiger partial charge in [0.15, 0.2) is 0 Å². The molecule has 4 aromatic rings. The highest BCUT2D eigenvalue weighted by atomic mass is 32.1. The van der Waals surface area contributed by atoms with Gasteiger partial charge in [-0.2, -0.15) is 5.26 Å². The number of para-hydroxylation sites is 1. The Balaban J connectivity index is 1.43. The van der Waals surface area contributed by atoms with Gasteiger partial charge < -0.3 is 5.32 Å². The van der Waals surface area contributed by atoms with Gasteiger partial charge in [-0.05, 0) is 74.1 Å². The summed E-state index contributed by atoms with van der Waals surface area (Å²) >= 11 is 1.51. The lowest BCUT2D eigenvalue weighted by Crippen LogP contribution is -2.22. The molecule has 1 atom stereocenters. The van der Waals surface area contributed by atoms with Crippen LogP contribution in [0, 0.1) is 24.2 Å². The van der Waals surface area contributed by atoms with Gasteiger partial charge in [-0.3, -0.25) is 14.2 Å². The third kappa shape index (κ3) is 3.73. The molecule has 33 heavy (non-hydrogen) atoms. The van der Waals surface area contributed by atoms with E-state index in [1.165, 1.54) is 16.2 Å². The van der Waals surface area contributed by atoms with Crippen LogP contribution in [0.15, 0.2) is 53.3 Å². The van der Waals surface area contributed by atoms with Crippen LogP contribution < -0.4 is 10.9 Å². The Morgan fingerprint density at radius 2 is 1.97 bits per heavy atom. The molecule has 0 aliphatic heterocycles. The molecule has 0 spiro atoms. The highest BCUT2D eigenvalue weighted by Gasteiger charge is 2.25. The van der Waals surface area contributed by atoms with Gasteiger partial charge in [-0.1, -0.05) is 19.1 Å². The zero-order valence-electron chi connectivity index (χ0n) is 18.4. The molecule has 0 fully saturated rings. The molecule has 2 aromatic carbocycles. The van der Waals surface area contributed by atoms with Crippen LogP contribution in [0.25, 0.3) is 16.6 Å². The molecule has 1 aliphatic carbocycles. The Bertz CT molecular complexity index is 1490. The van der Waals surface area contributed by atoms with Gasteiger partial charge in [0.2, 0.25) is 0 Å². The van der Waals surface area contributed by atoms with E-state index in [0.29, 0.717) is 44.5 Å². The summed E-state index contributed by atoms with van der Waals surface area (Å²) in [4.78, 5) is 31.7. The van der Waals surface area contributed by atoms with Crippen molar-refractivity contribution in [1.29, 1.82) is 5.26 Å². The first-order valence-corrected chi connectivity index (χ1v) is 11.7. The number of benzene rings is 2. The summed E-state index contributed by atoms with van der Waals surface area (Å²) in [5.74, 6) is 0.897. The summed E-state index contributed by atoms with van der Waals surface area (Å²) in [5.41, 5.74) is 3.30. The minimum absolute atomic E-state index is 0.146. The predicted molar refractivity (Wildman–Crippen MR) is 130 cm³/mol. The zero-order chi connectivity index (χ0) is 23.1. The number of hydrogen-bond acceptors (Lipinski definition) is 5. The Hall–Kier alpha value is -3.76. The standard InChI is InChI=1S/C26H22N4O2S/c1-15-7-12-19-21(14-27)25(33-23(19)13-15)29-24(31)17-8-10-18(11-9-17)30-16(2)28-22-6-4-3-5-20(22)26(30)32/h3-6,8-11,15H,7,12-13H2,1-2H3,(H,29,31)/t15-/m0/s1. The molecule has 2 heterocycles. The molecular formula is C26H22N4O2S. The summed E-state index contributed by atoms with van der Waals surface area (Å²) < 4.78 is 1.55. The Labute approximate surface area is 195 Å². The van der Waals surface area contributed by atoms with Gasteiger partial charge in [0.05, 0.1) is 22.2 Å². The van der Waals surface area contributed by atoms with Crippen LogP contribution in [0.5, 0.6) is 0 Å². The number of rotatable bonds is 3. The molecule has 2 aromatic heterocycles. The molecule has 164 valence electrons. The average Bonchev–Trinajstić information content (AvgIpc) is 3.15. The molecule has 6 nitrogen and oxygen atoms in total. The van der Waals surface area contributed by atoms with Gasteiger partial charge in [-0.25, -0.2) is 4.98 Å². The van der Waals surface area contributed by atoms with Gasteiger partial charge in [0, 0.05) is 10.4 Å². The van der Waals surface area contributed by atoms with Gasteiger partial charge in [-0.15, -0.1) is 11.3 Å². The van der Waals surface area contributed by atoms with Crippen LogP contribution in [-0.4, -0.2) is 15.5 Å². The van der Waals surface area contributed by atoms with E-state index in [1.807, 2.05) is 18.2 Å². The van der Waals surface area contributed by atoms with E-state index in [2.05, 4.69) is 23.3 Å². The predicted octanol–water partition coefficient (Wildman–Crippen LogP) is 5.00. The number of nitriles is 1. The molecule has 0 saturated carbocycles. The molecule has 1 amide bonds. The fourth-order valence-electron chi connectivity index (χ4n) is 4.44. The van der Waals surface area contributed by atoms with Crippen molar-refractivity contribution in [2.75, 3.05) is 5.32 Å². The lowest BCUT2D eigenvalue weighted by molar-refractivity contribution is 0.102. The molecule has 1 aliphatic rings. The number of carbonyl (C=O) groups is 1. The van der Waals surface area contributed by atoms with Gasteiger partial charge in [0.1, 0.15) is 16.9 Å². The number of fused-ring (bicyclic) bond motifs is 2. The zero-order valence-corrected chi connectivity index (χ0v) is 19.2. The van der Waals surface area contributed by atoms with Crippen molar-refractivity contribution in [2.45, 2.75) is 33.1 Å². The van der Waals surface area contributed by atoms with Crippen molar-refractivity contribution in [3.8, 4) is 11.8 Å². The molecule has 5 rings (SSSR count).